The zero-order valence-corrected chi connectivity index (χ0v) is 19.3. The van der Waals surface area contributed by atoms with Crippen LogP contribution in [0.1, 0.15) is 21.5 Å². The predicted octanol–water partition coefficient (Wildman–Crippen LogP) is 5.21. The number of hydrogen-bond donors (Lipinski definition) is 3. The Kier molecular flexibility index (Phi) is 6.10. The first-order valence-electron chi connectivity index (χ1n) is 9.91. The van der Waals surface area contributed by atoms with Gasteiger partial charge in [-0.1, -0.05) is 41.4 Å². The number of amides is 1. The molecule has 3 aromatic carbocycles. The van der Waals surface area contributed by atoms with Gasteiger partial charge in [0.05, 0.1) is 25.5 Å². The molecule has 0 saturated heterocycles. The molecule has 9 heteroatoms. The summed E-state index contributed by atoms with van der Waals surface area (Å²) in [6.45, 7) is 0. The lowest BCUT2D eigenvalue weighted by Crippen LogP contribution is -2.44. The average Bonchev–Trinajstić information content (AvgIpc) is 3.03. The van der Waals surface area contributed by atoms with Crippen LogP contribution in [-0.2, 0) is 16.8 Å². The van der Waals surface area contributed by atoms with Crippen molar-refractivity contribution in [1.29, 1.82) is 0 Å². The number of carboxylic acids is 1. The van der Waals surface area contributed by atoms with Crippen LogP contribution in [-0.4, -0.2) is 31.2 Å². The number of rotatable bonds is 7. The van der Waals surface area contributed by atoms with E-state index in [0.29, 0.717) is 27.0 Å². The van der Waals surface area contributed by atoms with Gasteiger partial charge in [-0.05, 0) is 29.8 Å². The molecule has 1 unspecified atom stereocenters. The summed E-state index contributed by atoms with van der Waals surface area (Å²) in [5, 5.41) is 16.9. The summed E-state index contributed by atoms with van der Waals surface area (Å²) in [6.07, 6.45) is 0.196. The van der Waals surface area contributed by atoms with Crippen molar-refractivity contribution in [3.05, 3.63) is 81.3 Å². The Morgan fingerprint density at radius 3 is 2.39 bits per heavy atom. The van der Waals surface area contributed by atoms with E-state index in [4.69, 9.17) is 32.7 Å². The van der Waals surface area contributed by atoms with Gasteiger partial charge >= 0.3 is 5.97 Å². The second kappa shape index (κ2) is 8.84. The van der Waals surface area contributed by atoms with E-state index in [2.05, 4.69) is 10.6 Å². The van der Waals surface area contributed by atoms with Gasteiger partial charge < -0.3 is 25.2 Å². The van der Waals surface area contributed by atoms with Crippen molar-refractivity contribution < 1.29 is 24.2 Å². The number of hydrogen-bond acceptors (Lipinski definition) is 5. The van der Waals surface area contributed by atoms with Gasteiger partial charge in [0.25, 0.3) is 5.91 Å². The predicted molar refractivity (Wildman–Crippen MR) is 127 cm³/mol. The Bertz CT molecular complexity index is 1260. The molecule has 7 nitrogen and oxygen atoms in total. The van der Waals surface area contributed by atoms with Crippen molar-refractivity contribution in [2.24, 2.45) is 0 Å². The Balaban J connectivity index is 1.91. The molecule has 1 aliphatic rings. The Morgan fingerprint density at radius 1 is 1.03 bits per heavy atom. The molecule has 0 spiro atoms. The SMILES string of the molecule is COc1cc(NC2(Cc3cccc(Cl)c3)C(=O)Nc3cc(Cl)ccc32)c(C(=O)O)cc1OC. The second-order valence-corrected chi connectivity index (χ2v) is 8.41. The Morgan fingerprint density at radius 2 is 1.73 bits per heavy atom. The van der Waals surface area contributed by atoms with Gasteiger partial charge in [0.15, 0.2) is 11.5 Å². The molecule has 4 rings (SSSR count). The lowest BCUT2D eigenvalue weighted by Gasteiger charge is -2.31. The first-order valence-corrected chi connectivity index (χ1v) is 10.7. The Hall–Kier alpha value is -3.42. The highest BCUT2D eigenvalue weighted by Gasteiger charge is 2.47. The van der Waals surface area contributed by atoms with Crippen LogP contribution in [0.15, 0.2) is 54.6 Å². The smallest absolute Gasteiger partial charge is 0.337 e. The van der Waals surface area contributed by atoms with Crippen molar-refractivity contribution in [2.45, 2.75) is 12.0 Å². The second-order valence-electron chi connectivity index (χ2n) is 7.54. The maximum absolute atomic E-state index is 13.5. The van der Waals surface area contributed by atoms with Crippen LogP contribution in [0.25, 0.3) is 0 Å². The van der Waals surface area contributed by atoms with E-state index in [0.717, 1.165) is 5.56 Å². The molecule has 3 aromatic rings. The van der Waals surface area contributed by atoms with Crippen molar-refractivity contribution in [2.75, 3.05) is 24.9 Å². The summed E-state index contributed by atoms with van der Waals surface area (Å²) in [5.74, 6) is -0.970. The fourth-order valence-corrected chi connectivity index (χ4v) is 4.41. The summed E-state index contributed by atoms with van der Waals surface area (Å²) < 4.78 is 10.6. The van der Waals surface area contributed by atoms with Crippen molar-refractivity contribution in [1.82, 2.24) is 0 Å². The van der Waals surface area contributed by atoms with Crippen LogP contribution >= 0.6 is 23.2 Å². The number of carboxylic acid groups (broad SMARTS) is 1. The minimum absolute atomic E-state index is 0.0756. The van der Waals surface area contributed by atoms with E-state index in [1.54, 1.807) is 36.4 Å². The van der Waals surface area contributed by atoms with Crippen LogP contribution in [0.5, 0.6) is 11.5 Å². The number of nitrogens with one attached hydrogen (secondary N) is 2. The molecule has 0 radical (unpaired) electrons. The molecule has 1 atom stereocenters. The summed E-state index contributed by atoms with van der Waals surface area (Å²) >= 11 is 12.3. The summed E-state index contributed by atoms with van der Waals surface area (Å²) in [7, 11) is 2.87. The van der Waals surface area contributed by atoms with Gasteiger partial charge in [0.2, 0.25) is 0 Å². The molecule has 0 aromatic heterocycles. The van der Waals surface area contributed by atoms with E-state index in [-0.39, 0.29) is 29.3 Å². The Labute approximate surface area is 200 Å². The van der Waals surface area contributed by atoms with Gasteiger partial charge in [-0.3, -0.25) is 4.79 Å². The highest BCUT2D eigenvalue weighted by Crippen LogP contribution is 2.44. The number of ether oxygens (including phenoxy) is 2. The molecule has 0 saturated carbocycles. The number of carbonyl (C=O) groups is 2. The van der Waals surface area contributed by atoms with Crippen LogP contribution in [0.2, 0.25) is 10.0 Å². The van der Waals surface area contributed by atoms with Gasteiger partial charge in [0, 0.05) is 39.8 Å². The maximum atomic E-state index is 13.5. The third-order valence-corrected chi connectivity index (χ3v) is 6.01. The number of aromatic carboxylic acids is 1. The van der Waals surface area contributed by atoms with E-state index in [1.807, 2.05) is 6.07 Å². The van der Waals surface area contributed by atoms with E-state index < -0.39 is 11.5 Å². The highest BCUT2D eigenvalue weighted by molar-refractivity contribution is 6.31. The number of benzene rings is 3. The van der Waals surface area contributed by atoms with Gasteiger partial charge in [-0.15, -0.1) is 0 Å². The largest absolute Gasteiger partial charge is 0.493 e. The minimum atomic E-state index is -1.34. The summed E-state index contributed by atoms with van der Waals surface area (Å²) in [4.78, 5) is 25.5. The number of fused-ring (bicyclic) bond motifs is 1. The molecule has 1 heterocycles. The van der Waals surface area contributed by atoms with Crippen LogP contribution < -0.4 is 20.1 Å². The zero-order chi connectivity index (χ0) is 23.8. The van der Waals surface area contributed by atoms with Gasteiger partial charge in [-0.25, -0.2) is 4.79 Å². The lowest BCUT2D eigenvalue weighted by atomic mass is 9.84. The van der Waals surface area contributed by atoms with E-state index in [1.165, 1.54) is 26.4 Å². The molecule has 3 N–H and O–H groups in total. The molecule has 170 valence electrons. The first-order chi connectivity index (χ1) is 15.8. The first kappa shape index (κ1) is 22.8. The fourth-order valence-electron chi connectivity index (χ4n) is 4.03. The minimum Gasteiger partial charge on any atom is -0.493 e. The van der Waals surface area contributed by atoms with Crippen molar-refractivity contribution in [3.63, 3.8) is 0 Å². The molecule has 0 aliphatic carbocycles. The van der Waals surface area contributed by atoms with Crippen molar-refractivity contribution in [3.8, 4) is 11.5 Å². The molecule has 33 heavy (non-hydrogen) atoms. The molecular formula is C24H20Cl2N2O5. The normalized spacial score (nSPS) is 16.7. The standard InChI is InChI=1S/C24H20Cl2N2O5/c1-32-20-10-16(22(29)30)18(11-21(20)33-2)28-24(12-13-4-3-5-14(25)8-13)17-7-6-15(26)9-19(17)27-23(24)31/h3-11,28H,12H2,1-2H3,(H,27,31)(H,29,30). The topological polar surface area (TPSA) is 96.9 Å². The monoisotopic (exact) mass is 486 g/mol. The third-order valence-electron chi connectivity index (χ3n) is 5.54. The van der Waals surface area contributed by atoms with Gasteiger partial charge in [0.1, 0.15) is 5.54 Å². The molecular weight excluding hydrogens is 467 g/mol. The zero-order valence-electron chi connectivity index (χ0n) is 17.7. The summed E-state index contributed by atoms with van der Waals surface area (Å²) in [6, 6.07) is 15.1. The lowest BCUT2D eigenvalue weighted by molar-refractivity contribution is -0.119. The number of methoxy groups -OCH3 is 2. The molecule has 0 fully saturated rings. The van der Waals surface area contributed by atoms with Crippen molar-refractivity contribution >= 4 is 46.5 Å². The van der Waals surface area contributed by atoms with E-state index >= 15 is 0 Å². The van der Waals surface area contributed by atoms with Crippen LogP contribution in [0, 0.1) is 0 Å². The van der Waals surface area contributed by atoms with Crippen LogP contribution in [0.4, 0.5) is 11.4 Å². The molecule has 1 aliphatic heterocycles. The quantitative estimate of drug-likeness (QED) is 0.424. The summed E-state index contributed by atoms with van der Waals surface area (Å²) in [5.41, 5.74) is 0.732. The number of carbonyl (C=O) groups excluding carboxylic acids is 1. The maximum Gasteiger partial charge on any atom is 0.337 e. The van der Waals surface area contributed by atoms with Crippen LogP contribution in [0.3, 0.4) is 0 Å². The van der Waals surface area contributed by atoms with E-state index in [9.17, 15) is 14.7 Å². The number of halogens is 2. The molecule has 1 amide bonds. The molecule has 0 bridgehead atoms. The number of anilines is 2. The third kappa shape index (κ3) is 4.17. The van der Waals surface area contributed by atoms with Gasteiger partial charge in [-0.2, -0.15) is 0 Å². The fraction of sp³-hybridized carbons (Fsp3) is 0.167. The average molecular weight is 487 g/mol. The highest BCUT2D eigenvalue weighted by atomic mass is 35.5.